The van der Waals surface area contributed by atoms with Gasteiger partial charge in [-0.2, -0.15) is 38.2 Å². The predicted octanol–water partition coefficient (Wildman–Crippen LogP) is 1.75. The standard InChI is InChI=1S/C97H136N22O24S3/c1-9-117-71-31-29-64(145(132,133)134)54-66(71)96(2,3)75(117)21-12-10-13-22-76-97(4,5)67-55-65(146(135,136)137)30-32-72(67)118(76)42-17-11-14-23-78(120)100-37-18-19-69(109-82(124)34-38-101-81(123)36-45-139-47-49-141-51-52-142-50-48-140-46-41-103-79(121)24-16-15-20-74-85-70(59-144-74)110-94(130)113-85)92(129)104-39-33-80(122)102-40-44-115(84(126)58-116-43-35-77(99)111-95(116)131)57-83(125)105-56-73-86(112-91(128)68(98)53-62-25-27-63(138-8)28-26-62)88(127)93(143-73)119-61-108-87-89(114(6)7)106-60-107-90(87)119/h10,12-13,21-22,25-32,35,43,54-55,60-61,68-70,73-74,85-86,88,93,127H,9,11,14-20,23-24,33-34,36-42,44-53,56-59,98H2,1-8H3,(H13-,99,100,101,102,103,104,105,109,110,111,112,113,120,121,122,123,124,125,128,129,130,131,132,133,134,135,136,137)/p+1/t68-,69?,70-,73?,74-,85-,86?,88?,93?/m0/s1. The number of aromatic nitrogens is 6. The van der Waals surface area contributed by atoms with Gasteiger partial charge in [-0.15, -0.1) is 0 Å². The van der Waals surface area contributed by atoms with Crippen LogP contribution in [0.1, 0.15) is 141 Å². The van der Waals surface area contributed by atoms with Crippen molar-refractivity contribution in [2.24, 2.45) is 5.73 Å². The third-order valence-corrected chi connectivity index (χ3v) is 28.8. The molecule has 6 aromatic rings. The van der Waals surface area contributed by atoms with Crippen molar-refractivity contribution in [3.8, 4) is 5.75 Å². The first-order chi connectivity index (χ1) is 69.7. The number of hydrogen-bond acceptors (Lipinski definition) is 31. The van der Waals surface area contributed by atoms with Gasteiger partial charge in [-0.25, -0.2) is 24.5 Å². The van der Waals surface area contributed by atoms with E-state index < -0.39 is 128 Å². The summed E-state index contributed by atoms with van der Waals surface area (Å²) in [6.07, 6.45) is 14.0. The Kier molecular flexibility index (Phi) is 42.4. The summed E-state index contributed by atoms with van der Waals surface area (Å²) < 4.78 is 108. The molecule has 0 spiro atoms. The average Bonchev–Trinajstić information content (AvgIpc) is 1.59. The van der Waals surface area contributed by atoms with Crippen molar-refractivity contribution in [2.75, 3.05) is 161 Å². The maximum absolute atomic E-state index is 14.2. The summed E-state index contributed by atoms with van der Waals surface area (Å²) in [5, 5.41) is 40.4. The highest BCUT2D eigenvalue weighted by Gasteiger charge is 2.49. The number of rotatable bonds is 60. The zero-order valence-corrected chi connectivity index (χ0v) is 85.9. The number of allylic oxidation sites excluding steroid dienone is 6. The van der Waals surface area contributed by atoms with Crippen LogP contribution in [0.5, 0.6) is 5.75 Å². The van der Waals surface area contributed by atoms with E-state index in [1.54, 1.807) is 55.4 Å². The van der Waals surface area contributed by atoms with Crippen LogP contribution < -0.4 is 84.9 Å². The Balaban J connectivity index is 0.648. The Bertz CT molecular complexity index is 6000. The number of amides is 11. The summed E-state index contributed by atoms with van der Waals surface area (Å²) in [5.74, 6) is -3.00. The van der Waals surface area contributed by atoms with E-state index in [-0.39, 0.29) is 162 Å². The fraction of sp³-hybridized carbons (Fsp3) is 0.546. The second-order valence-electron chi connectivity index (χ2n) is 37.0. The quantitative estimate of drug-likeness (QED) is 0.00850. The van der Waals surface area contributed by atoms with Gasteiger partial charge in [-0.1, -0.05) is 57.0 Å². The van der Waals surface area contributed by atoms with E-state index in [9.17, 15) is 83.8 Å². The zero-order valence-electron chi connectivity index (χ0n) is 83.5. The van der Waals surface area contributed by atoms with Crippen molar-refractivity contribution >= 4 is 131 Å². The Morgan fingerprint density at radius 1 is 0.685 bits per heavy atom. The Morgan fingerprint density at radius 2 is 1.33 bits per heavy atom. The highest BCUT2D eigenvalue weighted by atomic mass is 32.2. The molecule has 11 amide bonds. The van der Waals surface area contributed by atoms with Crippen molar-refractivity contribution in [1.82, 2.24) is 87.1 Å². The van der Waals surface area contributed by atoms with Crippen LogP contribution in [0.2, 0.25) is 0 Å². The summed E-state index contributed by atoms with van der Waals surface area (Å²) in [7, 11) is -3.97. The minimum absolute atomic E-state index is 0.00334. The van der Waals surface area contributed by atoms with Gasteiger partial charge in [0.2, 0.25) is 58.9 Å². The van der Waals surface area contributed by atoms with E-state index in [1.807, 2.05) is 76.8 Å². The molecular weight excluding hydrogens is 1950 g/mol. The van der Waals surface area contributed by atoms with E-state index in [0.717, 1.165) is 62.8 Å². The molecule has 3 fully saturated rings. The van der Waals surface area contributed by atoms with E-state index in [1.165, 1.54) is 60.9 Å². The molecule has 46 nitrogen and oxygen atoms in total. The average molecular weight is 2090 g/mol. The smallest absolute Gasteiger partial charge is 0.349 e. The first-order valence-corrected chi connectivity index (χ1v) is 52.8. The van der Waals surface area contributed by atoms with E-state index in [4.69, 9.17) is 39.9 Å². The second kappa shape index (κ2) is 54.3. The Morgan fingerprint density at radius 3 is 2.02 bits per heavy atom. The Labute approximate surface area is 852 Å². The number of fused-ring (bicyclic) bond motifs is 4. The number of imidazole rings is 1. The molecule has 0 aliphatic carbocycles. The fourth-order valence-electron chi connectivity index (χ4n) is 17.9. The molecule has 9 atom stereocenters. The number of thioether (sulfide) groups is 1. The number of nitrogens with one attached hydrogen (secondary N) is 10. The van der Waals surface area contributed by atoms with Gasteiger partial charge in [-0.3, -0.25) is 61.4 Å². The van der Waals surface area contributed by atoms with Crippen molar-refractivity contribution in [1.29, 1.82) is 0 Å². The number of nitrogens with two attached hydrogens (primary N) is 2. The van der Waals surface area contributed by atoms with E-state index in [0.29, 0.717) is 105 Å². The molecule has 5 unspecified atom stereocenters. The zero-order chi connectivity index (χ0) is 105. The number of nitrogen functional groups attached to an aromatic ring is 1. The molecule has 0 bridgehead atoms. The van der Waals surface area contributed by atoms with Gasteiger partial charge < -0.3 is 113 Å². The van der Waals surface area contributed by atoms with E-state index in [2.05, 4.69) is 82.6 Å². The van der Waals surface area contributed by atoms with Crippen LogP contribution in [0.3, 0.4) is 0 Å². The largest absolute Gasteiger partial charge is 0.497 e. The summed E-state index contributed by atoms with van der Waals surface area (Å²) in [4.78, 5) is 168. The van der Waals surface area contributed by atoms with Gasteiger partial charge in [0.05, 0.1) is 112 Å². The molecular formula is C97H137N22O24S3+. The lowest BCUT2D eigenvalue weighted by atomic mass is 9.81. The third-order valence-electron chi connectivity index (χ3n) is 25.6. The fourth-order valence-corrected chi connectivity index (χ4v) is 20.4. The lowest BCUT2D eigenvalue weighted by Gasteiger charge is -2.27. The van der Waals surface area contributed by atoms with Crippen LogP contribution in [0.25, 0.3) is 11.2 Å². The molecule has 11 rings (SSSR count). The van der Waals surface area contributed by atoms with Crippen LogP contribution in [0.4, 0.5) is 27.8 Å². The number of aliphatic hydroxyl groups excluding tert-OH is 1. The molecule has 17 N–H and O–H groups in total. The first-order valence-electron chi connectivity index (χ1n) is 48.8. The second-order valence-corrected chi connectivity index (χ2v) is 41.1. The minimum atomic E-state index is -4.56. The molecule has 8 heterocycles. The minimum Gasteiger partial charge on any atom is -0.497 e. The summed E-state index contributed by atoms with van der Waals surface area (Å²) in [6, 6.07) is 13.9. The van der Waals surface area contributed by atoms with Crippen molar-refractivity contribution in [3.63, 3.8) is 0 Å². The number of urea groups is 1. The maximum atomic E-state index is 14.2. The molecule has 0 radical (unpaired) electrons. The van der Waals surface area contributed by atoms with Crippen LogP contribution in [-0.2, 0) is 111 Å². The number of aliphatic hydroxyl groups is 1. The number of unbranched alkanes of at least 4 members (excludes halogenated alkanes) is 3. The Hall–Kier alpha value is -12.4. The molecule has 5 aliphatic heterocycles. The lowest BCUT2D eigenvalue weighted by molar-refractivity contribution is -0.433. The first kappa shape index (κ1) is 114. The topological polar surface area (TPSA) is 619 Å². The number of ether oxygens (including phenoxy) is 6. The van der Waals surface area contributed by atoms with E-state index >= 15 is 0 Å². The molecule has 146 heavy (non-hydrogen) atoms. The molecule has 3 aromatic heterocycles. The predicted molar refractivity (Wildman–Crippen MR) is 542 cm³/mol. The third kappa shape index (κ3) is 32.3. The summed E-state index contributed by atoms with van der Waals surface area (Å²) in [6.45, 7) is 10.8. The van der Waals surface area contributed by atoms with Crippen LogP contribution >= 0.6 is 11.8 Å². The number of nitrogens with zero attached hydrogens (tertiary/aromatic N) is 10. The monoisotopic (exact) mass is 2090 g/mol. The number of hydrogen-bond donors (Lipinski definition) is 15. The highest BCUT2D eigenvalue weighted by molar-refractivity contribution is 8.00. The van der Waals surface area contributed by atoms with Crippen molar-refractivity contribution in [2.45, 2.75) is 206 Å². The van der Waals surface area contributed by atoms with Crippen molar-refractivity contribution < 1.29 is 112 Å². The van der Waals surface area contributed by atoms with Gasteiger partial charge >= 0.3 is 11.7 Å². The number of anilines is 3. The van der Waals surface area contributed by atoms with Gasteiger partial charge in [0, 0.05) is 150 Å². The molecule has 3 aromatic carbocycles. The summed E-state index contributed by atoms with van der Waals surface area (Å²) in [5.41, 5.74) is 16.0. The SMILES string of the molecule is CC[N+]1=C(/C=C/C=C/C=C2\N(CCCCCC(=O)NCCCC(NC(=O)CCNC(=O)CCOCCOCCOCCOCCNC(=O)CCCC[C@@H]3SC[C@@H]4NC(=O)N[C@@H]43)C(=O)NCCC(=O)NCCN(CC(=O)NCC3OC(n4cnc5c(N(C)C)ncnc54)C(O)C3NC(=O)[C@@H](N)Cc3ccc(OC)cc3)C(=O)Cn3ccc(N)nc3=O)c3ccc(S(=O)(=O)O)cc3C2(C)C)C(C)(C)c2cc(S(=O)(=O)O)ccc21. The van der Waals surface area contributed by atoms with Gasteiger partial charge in [0.1, 0.15) is 49.2 Å². The van der Waals surface area contributed by atoms with Crippen LogP contribution in [-0.4, -0.2) is 327 Å². The number of methoxy groups -OCH3 is 1. The van der Waals surface area contributed by atoms with Crippen LogP contribution in [0, 0.1) is 0 Å². The van der Waals surface area contributed by atoms with Crippen molar-refractivity contribution in [3.05, 3.63) is 149 Å². The highest BCUT2D eigenvalue weighted by Crippen LogP contribution is 2.49. The van der Waals surface area contributed by atoms with Gasteiger partial charge in [0.15, 0.2) is 28.9 Å². The lowest BCUT2D eigenvalue weighted by Crippen LogP contribution is -2.55. The number of benzene rings is 3. The van der Waals surface area contributed by atoms with Gasteiger partial charge in [0.25, 0.3) is 20.2 Å². The molecule has 5 aliphatic rings. The molecule has 49 heteroatoms. The summed E-state index contributed by atoms with van der Waals surface area (Å²) >= 11 is 1.85. The number of carbonyl (C=O) groups is 10. The molecule has 3 saturated heterocycles. The number of carbonyl (C=O) groups excluding carboxylic acids is 10. The normalized spacial score (nSPS) is 18.8. The molecule has 0 saturated carbocycles. The van der Waals surface area contributed by atoms with Gasteiger partial charge in [-0.05, 0) is 131 Å². The molecule has 796 valence electrons. The van der Waals surface area contributed by atoms with Crippen LogP contribution in [0.15, 0.2) is 136 Å². The maximum Gasteiger partial charge on any atom is 0.349 e.